The fourth-order valence-electron chi connectivity index (χ4n) is 1.95. The Morgan fingerprint density at radius 2 is 2.33 bits per heavy atom. The van der Waals surface area contributed by atoms with Crippen LogP contribution in [0.1, 0.15) is 20.3 Å². The summed E-state index contributed by atoms with van der Waals surface area (Å²) in [5, 5.41) is 11.4. The molecule has 0 spiro atoms. The van der Waals surface area contributed by atoms with Crippen LogP contribution in [0.5, 0.6) is 0 Å². The van der Waals surface area contributed by atoms with E-state index < -0.39 is 5.97 Å². The van der Waals surface area contributed by atoms with Gasteiger partial charge in [-0.05, 0) is 5.92 Å². The van der Waals surface area contributed by atoms with Crippen molar-refractivity contribution in [1.29, 1.82) is 0 Å². The minimum atomic E-state index is -0.816. The number of amides is 1. The van der Waals surface area contributed by atoms with Crippen LogP contribution in [0, 0.1) is 5.92 Å². The van der Waals surface area contributed by atoms with Gasteiger partial charge >= 0.3 is 5.97 Å². The van der Waals surface area contributed by atoms with E-state index in [0.29, 0.717) is 13.1 Å². The number of carboxylic acids is 1. The second-order valence-corrected chi connectivity index (χ2v) is 4.16. The van der Waals surface area contributed by atoms with Gasteiger partial charge in [0.2, 0.25) is 5.91 Å². The van der Waals surface area contributed by atoms with Crippen molar-refractivity contribution in [2.75, 3.05) is 19.6 Å². The average Bonchev–Trinajstić information content (AvgIpc) is 2.13. The molecule has 5 heteroatoms. The molecule has 1 aliphatic rings. The van der Waals surface area contributed by atoms with Gasteiger partial charge in [0.05, 0.1) is 12.5 Å². The van der Waals surface area contributed by atoms with Gasteiger partial charge in [0.25, 0.3) is 0 Å². The Morgan fingerprint density at radius 3 is 2.87 bits per heavy atom. The zero-order valence-electron chi connectivity index (χ0n) is 9.19. The monoisotopic (exact) mass is 214 g/mol. The molecule has 0 saturated carbocycles. The molecule has 1 fully saturated rings. The highest BCUT2D eigenvalue weighted by atomic mass is 16.4. The molecule has 1 aliphatic heterocycles. The number of rotatable bonds is 4. The van der Waals surface area contributed by atoms with Crippen molar-refractivity contribution >= 4 is 11.9 Å². The smallest absolute Gasteiger partial charge is 0.304 e. The molecule has 1 heterocycles. The summed E-state index contributed by atoms with van der Waals surface area (Å²) in [6.07, 6.45) is 0.0938. The summed E-state index contributed by atoms with van der Waals surface area (Å²) in [7, 11) is 0. The molecule has 0 aromatic rings. The van der Waals surface area contributed by atoms with Crippen LogP contribution in [0.4, 0.5) is 0 Å². The fourth-order valence-corrected chi connectivity index (χ4v) is 1.95. The first-order chi connectivity index (χ1) is 7.02. The molecule has 1 unspecified atom stereocenters. The van der Waals surface area contributed by atoms with Gasteiger partial charge in [-0.2, -0.15) is 0 Å². The lowest BCUT2D eigenvalue weighted by Gasteiger charge is -2.36. The number of piperazine rings is 1. The second kappa shape index (κ2) is 5.11. The predicted octanol–water partition coefficient (Wildman–Crippen LogP) is -0.0825. The number of nitrogens with one attached hydrogen (secondary N) is 1. The minimum Gasteiger partial charge on any atom is -0.481 e. The van der Waals surface area contributed by atoms with Crippen LogP contribution in [0.25, 0.3) is 0 Å². The third kappa shape index (κ3) is 3.20. The molecule has 1 saturated heterocycles. The average molecular weight is 214 g/mol. The highest BCUT2D eigenvalue weighted by Gasteiger charge is 2.31. The van der Waals surface area contributed by atoms with Crippen molar-refractivity contribution in [2.24, 2.45) is 5.92 Å². The van der Waals surface area contributed by atoms with E-state index >= 15 is 0 Å². The maximum atomic E-state index is 11.6. The van der Waals surface area contributed by atoms with Crippen LogP contribution in [-0.2, 0) is 9.59 Å². The van der Waals surface area contributed by atoms with Crippen molar-refractivity contribution in [2.45, 2.75) is 26.3 Å². The molecule has 86 valence electrons. The van der Waals surface area contributed by atoms with Crippen LogP contribution in [0.2, 0.25) is 0 Å². The molecule has 0 aromatic heterocycles. The maximum absolute atomic E-state index is 11.6. The fraction of sp³-hybridized carbons (Fsp3) is 0.800. The Morgan fingerprint density at radius 1 is 1.67 bits per heavy atom. The summed E-state index contributed by atoms with van der Waals surface area (Å²) in [5.74, 6) is -0.593. The molecule has 0 bridgehead atoms. The van der Waals surface area contributed by atoms with Gasteiger partial charge in [-0.1, -0.05) is 13.8 Å². The topological polar surface area (TPSA) is 69.6 Å². The Balaban J connectivity index is 2.58. The molecule has 0 aliphatic carbocycles. The van der Waals surface area contributed by atoms with Crippen LogP contribution in [0.15, 0.2) is 0 Å². The Hall–Kier alpha value is -1.10. The summed E-state index contributed by atoms with van der Waals surface area (Å²) in [6, 6.07) is -0.182. The lowest BCUT2D eigenvalue weighted by atomic mass is 9.99. The predicted molar refractivity (Wildman–Crippen MR) is 55.5 cm³/mol. The molecule has 1 rings (SSSR count). The van der Waals surface area contributed by atoms with Gasteiger partial charge in [-0.25, -0.2) is 0 Å². The van der Waals surface area contributed by atoms with Crippen molar-refractivity contribution in [3.63, 3.8) is 0 Å². The lowest BCUT2D eigenvalue weighted by molar-refractivity contribution is -0.139. The van der Waals surface area contributed by atoms with Crippen molar-refractivity contribution in [3.05, 3.63) is 0 Å². The van der Waals surface area contributed by atoms with Crippen molar-refractivity contribution in [3.8, 4) is 0 Å². The quantitative estimate of drug-likeness (QED) is 0.686. The first-order valence-corrected chi connectivity index (χ1v) is 5.26. The van der Waals surface area contributed by atoms with Crippen LogP contribution >= 0.6 is 0 Å². The van der Waals surface area contributed by atoms with Gasteiger partial charge < -0.3 is 10.4 Å². The SMILES string of the molecule is CC(C)C1C(=O)NCCN1CCC(=O)O. The van der Waals surface area contributed by atoms with Crippen LogP contribution < -0.4 is 5.32 Å². The van der Waals surface area contributed by atoms with Crippen molar-refractivity contribution < 1.29 is 14.7 Å². The number of aliphatic carboxylic acids is 1. The van der Waals surface area contributed by atoms with Gasteiger partial charge in [0.15, 0.2) is 0 Å². The molecular formula is C10H18N2O3. The molecule has 15 heavy (non-hydrogen) atoms. The van der Waals surface area contributed by atoms with E-state index in [9.17, 15) is 9.59 Å². The molecule has 0 aromatic carbocycles. The largest absolute Gasteiger partial charge is 0.481 e. The summed E-state index contributed by atoms with van der Waals surface area (Å²) < 4.78 is 0. The Labute approximate surface area is 89.4 Å². The lowest BCUT2D eigenvalue weighted by Crippen LogP contribution is -2.57. The van der Waals surface area contributed by atoms with E-state index in [1.54, 1.807) is 0 Å². The van der Waals surface area contributed by atoms with E-state index in [2.05, 4.69) is 5.32 Å². The normalized spacial score (nSPS) is 22.9. The molecule has 1 amide bonds. The highest BCUT2D eigenvalue weighted by Crippen LogP contribution is 2.14. The number of hydrogen-bond donors (Lipinski definition) is 2. The van der Waals surface area contributed by atoms with E-state index in [0.717, 1.165) is 6.54 Å². The Bertz CT molecular complexity index is 253. The first-order valence-electron chi connectivity index (χ1n) is 5.26. The third-order valence-electron chi connectivity index (χ3n) is 2.60. The first kappa shape index (κ1) is 12.0. The highest BCUT2D eigenvalue weighted by molar-refractivity contribution is 5.82. The summed E-state index contributed by atoms with van der Waals surface area (Å²) in [6.45, 7) is 5.75. The van der Waals surface area contributed by atoms with Gasteiger partial charge in [0.1, 0.15) is 0 Å². The Kier molecular flexibility index (Phi) is 4.08. The molecule has 5 nitrogen and oxygen atoms in total. The zero-order valence-corrected chi connectivity index (χ0v) is 9.19. The number of carbonyl (C=O) groups excluding carboxylic acids is 1. The standard InChI is InChI=1S/C10H18N2O3/c1-7(2)9-10(15)11-4-6-12(9)5-3-8(13)14/h7,9H,3-6H2,1-2H3,(H,11,15)(H,13,14). The number of nitrogens with zero attached hydrogens (tertiary/aromatic N) is 1. The summed E-state index contributed by atoms with van der Waals surface area (Å²) in [5.41, 5.74) is 0. The molecule has 1 atom stereocenters. The van der Waals surface area contributed by atoms with E-state index in [-0.39, 0.29) is 24.3 Å². The number of hydrogen-bond acceptors (Lipinski definition) is 3. The maximum Gasteiger partial charge on any atom is 0.304 e. The van der Waals surface area contributed by atoms with Crippen LogP contribution in [0.3, 0.4) is 0 Å². The molecular weight excluding hydrogens is 196 g/mol. The summed E-state index contributed by atoms with van der Waals surface area (Å²) >= 11 is 0. The van der Waals surface area contributed by atoms with Crippen LogP contribution in [-0.4, -0.2) is 47.6 Å². The molecule has 0 radical (unpaired) electrons. The molecule has 2 N–H and O–H groups in total. The minimum absolute atomic E-state index is 0.0154. The zero-order chi connectivity index (χ0) is 11.4. The van der Waals surface area contributed by atoms with Gasteiger partial charge in [-0.15, -0.1) is 0 Å². The van der Waals surface area contributed by atoms with Gasteiger partial charge in [0, 0.05) is 19.6 Å². The van der Waals surface area contributed by atoms with E-state index in [4.69, 9.17) is 5.11 Å². The third-order valence-corrected chi connectivity index (χ3v) is 2.60. The summed E-state index contributed by atoms with van der Waals surface area (Å²) in [4.78, 5) is 24.0. The number of carboxylic acid groups (broad SMARTS) is 1. The van der Waals surface area contributed by atoms with E-state index in [1.807, 2.05) is 18.7 Å². The number of carbonyl (C=O) groups is 2. The van der Waals surface area contributed by atoms with Crippen molar-refractivity contribution in [1.82, 2.24) is 10.2 Å². The van der Waals surface area contributed by atoms with Gasteiger partial charge in [-0.3, -0.25) is 14.5 Å². The van der Waals surface area contributed by atoms with E-state index in [1.165, 1.54) is 0 Å². The second-order valence-electron chi connectivity index (χ2n) is 4.16.